The molecule has 1 heterocycles. The molecule has 0 fully saturated rings. The van der Waals surface area contributed by atoms with Crippen molar-refractivity contribution in [1.82, 2.24) is 4.98 Å². The summed E-state index contributed by atoms with van der Waals surface area (Å²) in [6.07, 6.45) is 0. The quantitative estimate of drug-likeness (QED) is 0.749. The second kappa shape index (κ2) is 6.92. The van der Waals surface area contributed by atoms with Crippen molar-refractivity contribution in [3.63, 3.8) is 0 Å². The van der Waals surface area contributed by atoms with Gasteiger partial charge in [0.05, 0.1) is 32.2 Å². The number of aromatic nitrogens is 1. The molecular weight excluding hydrogens is 334 g/mol. The maximum atomic E-state index is 12.1. The zero-order valence-electron chi connectivity index (χ0n) is 15.0. The number of pyridine rings is 1. The summed E-state index contributed by atoms with van der Waals surface area (Å²) in [6, 6.07) is 10.9. The summed E-state index contributed by atoms with van der Waals surface area (Å²) in [6.45, 7) is 1.92. The molecular formula is C20H19NO5. The normalized spacial score (nSPS) is 10.6. The van der Waals surface area contributed by atoms with Crippen LogP contribution in [0, 0.1) is 6.92 Å². The fourth-order valence-electron chi connectivity index (χ4n) is 3.10. The van der Waals surface area contributed by atoms with E-state index in [-0.39, 0.29) is 11.4 Å². The highest BCUT2D eigenvalue weighted by Crippen LogP contribution is 2.44. The van der Waals surface area contributed by atoms with Crippen molar-refractivity contribution in [2.75, 3.05) is 21.3 Å². The Balaban J connectivity index is 2.59. The lowest BCUT2D eigenvalue weighted by molar-refractivity contribution is 0.0693. The average Bonchev–Trinajstić information content (AvgIpc) is 2.65. The molecule has 3 rings (SSSR count). The van der Waals surface area contributed by atoms with Crippen molar-refractivity contribution < 1.29 is 24.1 Å². The molecule has 6 heteroatoms. The van der Waals surface area contributed by atoms with Crippen LogP contribution < -0.4 is 14.2 Å². The van der Waals surface area contributed by atoms with Gasteiger partial charge in [-0.05, 0) is 30.7 Å². The largest absolute Gasteiger partial charge is 0.496 e. The number of carboxylic acid groups (broad SMARTS) is 1. The average molecular weight is 353 g/mol. The van der Waals surface area contributed by atoms with Gasteiger partial charge in [-0.2, -0.15) is 0 Å². The van der Waals surface area contributed by atoms with E-state index in [9.17, 15) is 9.90 Å². The molecule has 2 aromatic carbocycles. The van der Waals surface area contributed by atoms with Gasteiger partial charge in [0, 0.05) is 11.1 Å². The number of hydrogen-bond acceptors (Lipinski definition) is 5. The van der Waals surface area contributed by atoms with Crippen LogP contribution in [0.4, 0.5) is 0 Å². The van der Waals surface area contributed by atoms with Gasteiger partial charge >= 0.3 is 5.97 Å². The zero-order valence-corrected chi connectivity index (χ0v) is 15.0. The van der Waals surface area contributed by atoms with Crippen molar-refractivity contribution in [3.05, 3.63) is 47.5 Å². The number of fused-ring (bicyclic) bond motifs is 1. The summed E-state index contributed by atoms with van der Waals surface area (Å²) in [4.78, 5) is 16.5. The number of rotatable bonds is 5. The van der Waals surface area contributed by atoms with Gasteiger partial charge in [0.15, 0.2) is 0 Å². The molecule has 3 aromatic rings. The standard InChI is InChI=1S/C20H19NO5/c1-11-9-13-17(15(10-11)25-3)16(12-7-5-6-8-14(12)24-2)18(20(22)23)19(21-13)26-4/h5-10H,1-4H3,(H,22,23). The van der Waals surface area contributed by atoms with Crippen molar-refractivity contribution >= 4 is 16.9 Å². The zero-order chi connectivity index (χ0) is 18.8. The summed E-state index contributed by atoms with van der Waals surface area (Å²) >= 11 is 0. The first-order chi connectivity index (χ1) is 12.5. The van der Waals surface area contributed by atoms with E-state index in [1.54, 1.807) is 26.4 Å². The monoisotopic (exact) mass is 353 g/mol. The van der Waals surface area contributed by atoms with Gasteiger partial charge in [-0.15, -0.1) is 0 Å². The van der Waals surface area contributed by atoms with Crippen LogP contribution in [0.25, 0.3) is 22.0 Å². The molecule has 26 heavy (non-hydrogen) atoms. The minimum Gasteiger partial charge on any atom is -0.496 e. The number of hydrogen-bond donors (Lipinski definition) is 1. The highest BCUT2D eigenvalue weighted by atomic mass is 16.5. The van der Waals surface area contributed by atoms with Crippen molar-refractivity contribution in [2.24, 2.45) is 0 Å². The van der Waals surface area contributed by atoms with Gasteiger partial charge in [0.2, 0.25) is 5.88 Å². The predicted octanol–water partition coefficient (Wildman–Crippen LogP) is 3.93. The van der Waals surface area contributed by atoms with Crippen LogP contribution in [0.1, 0.15) is 15.9 Å². The second-order valence-corrected chi connectivity index (χ2v) is 5.74. The van der Waals surface area contributed by atoms with Crippen LogP contribution in [-0.4, -0.2) is 37.4 Å². The predicted molar refractivity (Wildman–Crippen MR) is 98.5 cm³/mol. The van der Waals surface area contributed by atoms with Gasteiger partial charge in [0.1, 0.15) is 17.1 Å². The Hall–Kier alpha value is -3.28. The van der Waals surface area contributed by atoms with Gasteiger partial charge in [-0.1, -0.05) is 18.2 Å². The maximum absolute atomic E-state index is 12.1. The highest BCUT2D eigenvalue weighted by molar-refractivity contribution is 6.11. The molecule has 0 aliphatic carbocycles. The van der Waals surface area contributed by atoms with Gasteiger partial charge < -0.3 is 19.3 Å². The Kier molecular flexibility index (Phi) is 4.67. The molecule has 0 unspecified atom stereocenters. The summed E-state index contributed by atoms with van der Waals surface area (Å²) in [5, 5.41) is 10.5. The van der Waals surface area contributed by atoms with Gasteiger partial charge in [-0.25, -0.2) is 9.78 Å². The van der Waals surface area contributed by atoms with Crippen LogP contribution in [0.3, 0.4) is 0 Å². The van der Waals surface area contributed by atoms with E-state index in [2.05, 4.69) is 4.98 Å². The van der Waals surface area contributed by atoms with Crippen LogP contribution in [0.15, 0.2) is 36.4 Å². The number of aryl methyl sites for hydroxylation is 1. The number of nitrogens with zero attached hydrogens (tertiary/aromatic N) is 1. The number of benzene rings is 2. The molecule has 1 aromatic heterocycles. The third-order valence-electron chi connectivity index (χ3n) is 4.16. The topological polar surface area (TPSA) is 77.9 Å². The smallest absolute Gasteiger partial charge is 0.341 e. The summed E-state index contributed by atoms with van der Waals surface area (Å²) in [5.74, 6) is -0.0101. The van der Waals surface area contributed by atoms with E-state index < -0.39 is 5.97 Å². The molecule has 0 bridgehead atoms. The minimum atomic E-state index is -1.14. The van der Waals surface area contributed by atoms with Gasteiger partial charge in [0.25, 0.3) is 0 Å². The molecule has 0 atom stereocenters. The molecule has 1 N–H and O–H groups in total. The van der Waals surface area contributed by atoms with E-state index in [0.717, 1.165) is 5.56 Å². The molecule has 0 amide bonds. The number of methoxy groups -OCH3 is 3. The maximum Gasteiger partial charge on any atom is 0.341 e. The molecule has 0 saturated carbocycles. The third-order valence-corrected chi connectivity index (χ3v) is 4.16. The molecule has 0 aliphatic heterocycles. The number of aromatic carboxylic acids is 1. The molecule has 134 valence electrons. The summed E-state index contributed by atoms with van der Waals surface area (Å²) < 4.78 is 16.3. The Morgan fingerprint density at radius 2 is 1.69 bits per heavy atom. The van der Waals surface area contributed by atoms with Crippen LogP contribution in [-0.2, 0) is 0 Å². The van der Waals surface area contributed by atoms with Crippen molar-refractivity contribution in [2.45, 2.75) is 6.92 Å². The SMILES string of the molecule is COc1ccccc1-c1c(C(=O)O)c(OC)nc2cc(C)cc(OC)c12. The fraction of sp³-hybridized carbons (Fsp3) is 0.200. The second-order valence-electron chi connectivity index (χ2n) is 5.74. The van der Waals surface area contributed by atoms with Crippen LogP contribution >= 0.6 is 0 Å². The van der Waals surface area contributed by atoms with Gasteiger partial charge in [-0.3, -0.25) is 0 Å². The molecule has 6 nitrogen and oxygen atoms in total. The first-order valence-electron chi connectivity index (χ1n) is 7.94. The molecule has 0 aliphatic rings. The molecule has 0 spiro atoms. The summed E-state index contributed by atoms with van der Waals surface area (Å²) in [5.41, 5.74) is 2.57. The van der Waals surface area contributed by atoms with E-state index in [4.69, 9.17) is 14.2 Å². The van der Waals surface area contributed by atoms with Crippen molar-refractivity contribution in [1.29, 1.82) is 0 Å². The highest BCUT2D eigenvalue weighted by Gasteiger charge is 2.26. The van der Waals surface area contributed by atoms with Crippen LogP contribution in [0.2, 0.25) is 0 Å². The fourth-order valence-corrected chi connectivity index (χ4v) is 3.10. The lowest BCUT2D eigenvalue weighted by Gasteiger charge is -2.18. The Morgan fingerprint density at radius 3 is 2.31 bits per heavy atom. The van der Waals surface area contributed by atoms with Crippen LogP contribution in [0.5, 0.6) is 17.4 Å². The Bertz CT molecular complexity index is 997. The Morgan fingerprint density at radius 1 is 1.00 bits per heavy atom. The minimum absolute atomic E-state index is 0.0355. The number of carbonyl (C=O) groups is 1. The van der Waals surface area contributed by atoms with E-state index >= 15 is 0 Å². The summed E-state index contributed by atoms with van der Waals surface area (Å²) in [7, 11) is 4.49. The molecule has 0 radical (unpaired) electrons. The molecule has 0 saturated heterocycles. The van der Waals surface area contributed by atoms with Crippen molar-refractivity contribution in [3.8, 4) is 28.5 Å². The number of carboxylic acids is 1. The Labute approximate surface area is 151 Å². The number of ether oxygens (including phenoxy) is 3. The first-order valence-corrected chi connectivity index (χ1v) is 7.94. The number of para-hydroxylation sites is 1. The van der Waals surface area contributed by atoms with E-state index in [1.165, 1.54) is 7.11 Å². The lowest BCUT2D eigenvalue weighted by Crippen LogP contribution is -2.07. The lowest BCUT2D eigenvalue weighted by atomic mass is 9.94. The van der Waals surface area contributed by atoms with E-state index in [0.29, 0.717) is 33.5 Å². The third kappa shape index (κ3) is 2.79. The first kappa shape index (κ1) is 17.5. The van der Waals surface area contributed by atoms with E-state index in [1.807, 2.05) is 31.2 Å².